The molecule has 0 aliphatic rings. The van der Waals surface area contributed by atoms with E-state index in [-0.39, 0.29) is 23.1 Å². The van der Waals surface area contributed by atoms with Gasteiger partial charge in [0.15, 0.2) is 0 Å². The number of rotatable bonds is 0. The van der Waals surface area contributed by atoms with Crippen molar-refractivity contribution in [3.8, 4) is 0 Å². The van der Waals surface area contributed by atoms with Crippen LogP contribution in [-0.4, -0.2) is 33.3 Å². The van der Waals surface area contributed by atoms with Gasteiger partial charge in [0, 0.05) is 0 Å². The Morgan fingerprint density at radius 3 is 1.22 bits per heavy atom. The minimum absolute atomic E-state index is 0. The van der Waals surface area contributed by atoms with Crippen molar-refractivity contribution in [2.75, 3.05) is 0 Å². The van der Waals surface area contributed by atoms with E-state index in [2.05, 4.69) is 23.4 Å². The first kappa shape index (κ1) is 23.2. The van der Waals surface area contributed by atoms with Crippen molar-refractivity contribution >= 4 is 23.1 Å². The monoisotopic (exact) mass is 153 g/mol. The molecule has 0 amide bonds. The van der Waals surface area contributed by atoms with Gasteiger partial charge in [0.05, 0.1) is 0 Å². The molecule has 0 bridgehead atoms. The molecule has 0 saturated carbocycles. The number of hydrazine groups is 2. The molecule has 0 aliphatic carbocycles. The quantitative estimate of drug-likeness (QED) is 0.104. The standard InChI is InChI=1S/Mg.2H4N2.HNO3.2H/c;2*1-2;2-1(3)4;;/h;2*1-2H2;(H,2,3,4);;. The molecule has 0 heterocycles. The lowest BCUT2D eigenvalue weighted by atomic mass is 13.0. The summed E-state index contributed by atoms with van der Waals surface area (Å²) >= 11 is 0. The van der Waals surface area contributed by atoms with E-state index in [0.29, 0.717) is 0 Å². The first-order chi connectivity index (χ1) is 3.73. The summed E-state index contributed by atoms with van der Waals surface area (Å²) < 4.78 is 0. The molecule has 0 radical (unpaired) electrons. The van der Waals surface area contributed by atoms with Crippen molar-refractivity contribution in [1.29, 1.82) is 0 Å². The predicted octanol–water partition coefficient (Wildman–Crippen LogP) is -3.63. The van der Waals surface area contributed by atoms with Gasteiger partial charge in [-0.1, -0.05) is 0 Å². The van der Waals surface area contributed by atoms with Crippen LogP contribution in [0.15, 0.2) is 0 Å². The highest BCUT2D eigenvalue weighted by Gasteiger charge is 1.65. The molecule has 0 atom stereocenters. The Bertz CT molecular complexity index is 35.2. The van der Waals surface area contributed by atoms with E-state index in [9.17, 15) is 0 Å². The topological polar surface area (TPSA) is 167 Å². The fraction of sp³-hybridized carbons (Fsp3) is 0. The first-order valence-corrected chi connectivity index (χ1v) is 1.23. The lowest BCUT2D eigenvalue weighted by molar-refractivity contribution is -0.742. The van der Waals surface area contributed by atoms with Crippen LogP contribution in [-0.2, 0) is 0 Å². The third-order valence-electron chi connectivity index (χ3n) is 0. The van der Waals surface area contributed by atoms with E-state index in [1.165, 1.54) is 0 Å². The number of nitrogens with two attached hydrogens (primary N) is 4. The fourth-order valence-electron chi connectivity index (χ4n) is 0. The largest absolute Gasteiger partial charge is 0.328 e. The Morgan fingerprint density at radius 1 is 1.22 bits per heavy atom. The summed E-state index contributed by atoms with van der Waals surface area (Å²) in [5.74, 6) is 16.0. The molecule has 9 N–H and O–H groups in total. The third kappa shape index (κ3) is 7010. The molecule has 0 aromatic carbocycles. The predicted molar refractivity (Wildman–Crippen MR) is 34.1 cm³/mol. The maximum absolute atomic E-state index is 8.36. The van der Waals surface area contributed by atoms with Crippen LogP contribution in [0.5, 0.6) is 0 Å². The van der Waals surface area contributed by atoms with Crippen molar-refractivity contribution in [3.63, 3.8) is 0 Å². The van der Waals surface area contributed by atoms with Gasteiger partial charge in [-0.3, -0.25) is 23.4 Å². The zero-order valence-corrected chi connectivity index (χ0v) is 4.02. The Hall–Kier alpha value is -0.194. The summed E-state index contributed by atoms with van der Waals surface area (Å²) in [6, 6.07) is 0. The van der Waals surface area contributed by atoms with E-state index in [4.69, 9.17) is 15.3 Å². The molecule has 9 heteroatoms. The van der Waals surface area contributed by atoms with Crippen molar-refractivity contribution < 1.29 is 10.3 Å². The van der Waals surface area contributed by atoms with Crippen LogP contribution in [0.2, 0.25) is 0 Å². The second-order valence-corrected chi connectivity index (χ2v) is 0.238. The van der Waals surface area contributed by atoms with E-state index in [1.54, 1.807) is 0 Å². The van der Waals surface area contributed by atoms with Gasteiger partial charge in [0.2, 0.25) is 0 Å². The van der Waals surface area contributed by atoms with Gasteiger partial charge in [-0.15, -0.1) is 10.1 Å². The SMILES string of the molecule is NN.NN.O=[N+]([O-])O.[MgH2]. The van der Waals surface area contributed by atoms with Crippen molar-refractivity contribution in [2.24, 2.45) is 23.4 Å². The van der Waals surface area contributed by atoms with Gasteiger partial charge in [-0.05, 0) is 0 Å². The maximum Gasteiger partial charge on any atom is 0.316 e. The molecule has 0 aromatic heterocycles. The zero-order valence-electron chi connectivity index (χ0n) is 4.02. The van der Waals surface area contributed by atoms with Crippen molar-refractivity contribution in [3.05, 3.63) is 10.1 Å². The molecule has 0 rings (SSSR count). The van der Waals surface area contributed by atoms with Gasteiger partial charge in [0.25, 0.3) is 5.09 Å². The summed E-state index contributed by atoms with van der Waals surface area (Å²) in [4.78, 5) is 8.36. The average molecular weight is 153 g/mol. The summed E-state index contributed by atoms with van der Waals surface area (Å²) in [6.07, 6.45) is 0. The molecular weight excluding hydrogens is 142 g/mol. The number of hydrogen-bond acceptors (Lipinski definition) is 6. The van der Waals surface area contributed by atoms with E-state index >= 15 is 0 Å². The molecule has 0 fully saturated rings. The third-order valence-corrected chi connectivity index (χ3v) is 0. The zero-order chi connectivity index (χ0) is 7.58. The summed E-state index contributed by atoms with van der Waals surface area (Å²) in [7, 11) is 0. The highest BCUT2D eigenvalue weighted by molar-refractivity contribution is 5.75. The van der Waals surface area contributed by atoms with E-state index < -0.39 is 5.09 Å². The lowest BCUT2D eigenvalue weighted by Crippen LogP contribution is -2.02. The molecule has 0 aliphatic heterocycles. The second kappa shape index (κ2) is 45.9. The van der Waals surface area contributed by atoms with Crippen LogP contribution in [0.3, 0.4) is 0 Å². The van der Waals surface area contributed by atoms with Gasteiger partial charge < -0.3 is 5.21 Å². The lowest BCUT2D eigenvalue weighted by Gasteiger charge is -1.56. The van der Waals surface area contributed by atoms with Crippen LogP contribution < -0.4 is 23.4 Å². The molecule has 0 aromatic rings. The Kier molecular flexibility index (Phi) is 119. The normalized spacial score (nSPS) is 4.00. The van der Waals surface area contributed by atoms with Crippen LogP contribution >= 0.6 is 0 Å². The van der Waals surface area contributed by atoms with Gasteiger partial charge in [-0.25, -0.2) is 0 Å². The summed E-state index contributed by atoms with van der Waals surface area (Å²) in [5.41, 5.74) is 0. The molecule has 9 heavy (non-hydrogen) atoms. The number of nitrogens with zero attached hydrogens (tertiary/aromatic N) is 1. The Morgan fingerprint density at radius 2 is 1.22 bits per heavy atom. The molecule has 0 spiro atoms. The fourth-order valence-corrected chi connectivity index (χ4v) is 0. The molecule has 8 nitrogen and oxygen atoms in total. The van der Waals surface area contributed by atoms with Gasteiger partial charge in [0.1, 0.15) is 0 Å². The van der Waals surface area contributed by atoms with Crippen molar-refractivity contribution in [2.45, 2.75) is 0 Å². The van der Waals surface area contributed by atoms with E-state index in [0.717, 1.165) is 0 Å². The van der Waals surface area contributed by atoms with Gasteiger partial charge >= 0.3 is 23.1 Å². The van der Waals surface area contributed by atoms with Crippen LogP contribution in [0.4, 0.5) is 0 Å². The molecule has 56 valence electrons. The van der Waals surface area contributed by atoms with Gasteiger partial charge in [-0.2, -0.15) is 0 Å². The van der Waals surface area contributed by atoms with E-state index in [1.807, 2.05) is 0 Å². The Labute approximate surface area is 67.4 Å². The molecular formula is H11MgN5O3. The number of hydrogen-bond donors (Lipinski definition) is 5. The highest BCUT2D eigenvalue weighted by Crippen LogP contribution is 1.38. The Balaban J connectivity index is -0.0000000221. The summed E-state index contributed by atoms with van der Waals surface area (Å²) in [5, 5.41) is 13.6. The van der Waals surface area contributed by atoms with Crippen LogP contribution in [0.1, 0.15) is 0 Å². The summed E-state index contributed by atoms with van der Waals surface area (Å²) in [6.45, 7) is 0. The first-order valence-electron chi connectivity index (χ1n) is 1.23. The molecule has 0 unspecified atom stereocenters. The average Bonchev–Trinajstić information content (AvgIpc) is 1.75. The van der Waals surface area contributed by atoms with Crippen LogP contribution in [0, 0.1) is 10.1 Å². The second-order valence-electron chi connectivity index (χ2n) is 0.238. The highest BCUT2D eigenvalue weighted by atomic mass is 24.3. The van der Waals surface area contributed by atoms with Crippen LogP contribution in [0.25, 0.3) is 0 Å². The minimum atomic E-state index is -1.50. The molecule has 0 saturated heterocycles. The maximum atomic E-state index is 8.36. The minimum Gasteiger partial charge on any atom is -0.328 e. The van der Waals surface area contributed by atoms with Crippen molar-refractivity contribution in [1.82, 2.24) is 0 Å². The smallest absolute Gasteiger partial charge is 0.316 e.